The zero-order chi connectivity index (χ0) is 32.9. The van der Waals surface area contributed by atoms with Gasteiger partial charge in [0.2, 0.25) is 17.7 Å². The van der Waals surface area contributed by atoms with Crippen LogP contribution in [-0.4, -0.2) is 51.9 Å². The monoisotopic (exact) mass is 632 g/mol. The average molecular weight is 633 g/mol. The molecule has 1 fully saturated rings. The Bertz CT molecular complexity index is 1480. The first-order chi connectivity index (χ1) is 21.3. The predicted molar refractivity (Wildman–Crippen MR) is 158 cm³/mol. The Balaban J connectivity index is 1.61. The number of halogens is 3. The first-order valence-corrected chi connectivity index (χ1v) is 15.0. The molecule has 0 aliphatic heterocycles. The molecule has 2 heterocycles. The number of carboxylic acids is 1. The summed E-state index contributed by atoms with van der Waals surface area (Å²) in [6.07, 6.45) is 0.00519. The lowest BCUT2D eigenvalue weighted by Gasteiger charge is -2.35. The van der Waals surface area contributed by atoms with E-state index >= 15 is 0 Å². The first-order valence-electron chi connectivity index (χ1n) is 15.0. The van der Waals surface area contributed by atoms with Gasteiger partial charge in [-0.1, -0.05) is 25.9 Å². The Morgan fingerprint density at radius 2 is 1.82 bits per heavy atom. The smallest absolute Gasteiger partial charge is 0.421 e. The molecular weight excluding hydrogens is 593 g/mol. The Hall–Kier alpha value is -4.00. The van der Waals surface area contributed by atoms with Crippen molar-refractivity contribution in [1.82, 2.24) is 15.1 Å². The van der Waals surface area contributed by atoms with Crippen molar-refractivity contribution in [2.45, 2.75) is 84.4 Å². The number of rotatable bonds is 12. The molecule has 0 unspecified atom stereocenters. The number of aromatic carboxylic acids is 1. The van der Waals surface area contributed by atoms with Crippen LogP contribution in [0.3, 0.4) is 0 Å². The summed E-state index contributed by atoms with van der Waals surface area (Å²) in [5.41, 5.74) is -1.02. The van der Waals surface area contributed by atoms with E-state index in [4.69, 9.17) is 14.0 Å². The van der Waals surface area contributed by atoms with E-state index in [0.29, 0.717) is 30.5 Å². The van der Waals surface area contributed by atoms with Crippen LogP contribution in [0.4, 0.5) is 18.9 Å². The van der Waals surface area contributed by atoms with Gasteiger partial charge in [-0.25, -0.2) is 9.78 Å². The van der Waals surface area contributed by atoms with E-state index in [1.165, 1.54) is 30.3 Å². The lowest BCUT2D eigenvalue weighted by molar-refractivity contribution is -0.139. The molecule has 13 heteroatoms. The molecule has 1 aromatic carbocycles. The summed E-state index contributed by atoms with van der Waals surface area (Å²) in [6.45, 7) is 7.84. The number of methoxy groups -OCH3 is 1. The van der Waals surface area contributed by atoms with E-state index in [2.05, 4.69) is 22.0 Å². The molecule has 1 aliphatic rings. The lowest BCUT2D eigenvalue weighted by atomic mass is 9.82. The molecule has 1 saturated carbocycles. The molecule has 244 valence electrons. The summed E-state index contributed by atoms with van der Waals surface area (Å²) in [6, 6.07) is 4.26. The maximum absolute atomic E-state index is 14.1. The molecule has 3 aromatic rings. The van der Waals surface area contributed by atoms with Crippen molar-refractivity contribution in [3.05, 3.63) is 58.9 Å². The maximum Gasteiger partial charge on any atom is 0.421 e. The van der Waals surface area contributed by atoms with Gasteiger partial charge in [-0.15, -0.1) is 0 Å². The number of hydrogen-bond donors (Lipinski definition) is 1. The fourth-order valence-electron chi connectivity index (χ4n) is 5.44. The Morgan fingerprint density at radius 3 is 2.42 bits per heavy atom. The van der Waals surface area contributed by atoms with E-state index in [0.717, 1.165) is 25.0 Å². The van der Waals surface area contributed by atoms with E-state index in [1.54, 1.807) is 6.92 Å². The molecule has 45 heavy (non-hydrogen) atoms. The third kappa shape index (κ3) is 8.38. The van der Waals surface area contributed by atoms with Gasteiger partial charge >= 0.3 is 12.1 Å². The summed E-state index contributed by atoms with van der Waals surface area (Å²) >= 11 is 0. The van der Waals surface area contributed by atoms with Gasteiger partial charge in [-0.05, 0) is 74.8 Å². The number of carboxylic acid groups (broad SMARTS) is 1. The number of alkyl halides is 3. The number of carbonyl (C=O) groups excluding carboxylic acids is 1. The van der Waals surface area contributed by atoms with Gasteiger partial charge in [0, 0.05) is 31.6 Å². The normalized spacial score (nSPS) is 17.7. The SMILES string of the molecule is COC[C@H](C)N(c1ccc(Oc2ncc(CCc3nc(C(C)C)no3)cc2C(F)(F)F)cc1C(=O)O)C(=O)[C@H]1CC[C@H](C)CC1. The molecule has 4 rings (SSSR count). The number of aryl methyl sites for hydroxylation is 2. The Kier molecular flexibility index (Phi) is 10.8. The topological polar surface area (TPSA) is 128 Å². The van der Waals surface area contributed by atoms with Crippen LogP contribution in [0.2, 0.25) is 0 Å². The van der Waals surface area contributed by atoms with Gasteiger partial charge < -0.3 is 24.0 Å². The second-order valence-electron chi connectivity index (χ2n) is 12.0. The van der Waals surface area contributed by atoms with Crippen molar-refractivity contribution in [3.8, 4) is 11.6 Å². The number of aromatic nitrogens is 3. The van der Waals surface area contributed by atoms with Crippen LogP contribution in [0.15, 0.2) is 35.0 Å². The fourth-order valence-corrected chi connectivity index (χ4v) is 5.44. The molecule has 2 aromatic heterocycles. The molecular formula is C32H39F3N4O6. The largest absolute Gasteiger partial charge is 0.478 e. The number of anilines is 1. The summed E-state index contributed by atoms with van der Waals surface area (Å²) in [5, 5.41) is 14.0. The molecule has 10 nitrogen and oxygen atoms in total. The molecule has 0 bridgehead atoms. The Labute approximate surface area is 259 Å². The summed E-state index contributed by atoms with van der Waals surface area (Å²) in [4.78, 5) is 35.8. The molecule has 0 spiro atoms. The fraction of sp³-hybridized carbons (Fsp3) is 0.531. The van der Waals surface area contributed by atoms with Crippen molar-refractivity contribution in [1.29, 1.82) is 0 Å². The van der Waals surface area contributed by atoms with Gasteiger partial charge in [0.05, 0.1) is 23.9 Å². The second kappa shape index (κ2) is 14.4. The summed E-state index contributed by atoms with van der Waals surface area (Å²) in [7, 11) is 1.49. The highest BCUT2D eigenvalue weighted by molar-refractivity contribution is 6.03. The minimum absolute atomic E-state index is 0.0475. The molecule has 1 amide bonds. The van der Waals surface area contributed by atoms with Gasteiger partial charge in [-0.2, -0.15) is 18.2 Å². The highest BCUT2D eigenvalue weighted by Crippen LogP contribution is 2.39. The van der Waals surface area contributed by atoms with E-state index in [9.17, 15) is 27.9 Å². The maximum atomic E-state index is 14.1. The number of carbonyl (C=O) groups is 2. The van der Waals surface area contributed by atoms with Crippen LogP contribution >= 0.6 is 0 Å². The number of nitrogens with zero attached hydrogens (tertiary/aromatic N) is 4. The van der Waals surface area contributed by atoms with Crippen molar-refractivity contribution >= 4 is 17.6 Å². The molecule has 1 atom stereocenters. The number of ether oxygens (including phenoxy) is 2. The second-order valence-corrected chi connectivity index (χ2v) is 12.0. The molecule has 0 radical (unpaired) electrons. The quantitative estimate of drug-likeness (QED) is 0.223. The predicted octanol–water partition coefficient (Wildman–Crippen LogP) is 7.08. The highest BCUT2D eigenvalue weighted by Gasteiger charge is 2.37. The minimum atomic E-state index is -4.81. The third-order valence-corrected chi connectivity index (χ3v) is 7.96. The number of pyridine rings is 1. The number of hydrogen-bond acceptors (Lipinski definition) is 8. The van der Waals surface area contributed by atoms with Crippen LogP contribution in [0, 0.1) is 11.8 Å². The van der Waals surface area contributed by atoms with Gasteiger partial charge in [0.15, 0.2) is 5.82 Å². The zero-order valence-electron chi connectivity index (χ0n) is 26.1. The molecule has 0 saturated heterocycles. The molecule has 1 aliphatic carbocycles. The third-order valence-electron chi connectivity index (χ3n) is 7.96. The lowest BCUT2D eigenvalue weighted by Crippen LogP contribution is -2.46. The van der Waals surface area contributed by atoms with Crippen LogP contribution in [-0.2, 0) is 28.5 Å². The van der Waals surface area contributed by atoms with Crippen LogP contribution < -0.4 is 9.64 Å². The van der Waals surface area contributed by atoms with Gasteiger partial charge in [0.25, 0.3) is 0 Å². The van der Waals surface area contributed by atoms with Gasteiger partial charge in [-0.3, -0.25) is 4.79 Å². The highest BCUT2D eigenvalue weighted by atomic mass is 19.4. The first kappa shape index (κ1) is 33.9. The van der Waals surface area contributed by atoms with Gasteiger partial charge in [0.1, 0.15) is 11.3 Å². The van der Waals surface area contributed by atoms with Crippen LogP contribution in [0.25, 0.3) is 0 Å². The zero-order valence-corrected chi connectivity index (χ0v) is 26.1. The van der Waals surface area contributed by atoms with Crippen molar-refractivity contribution in [3.63, 3.8) is 0 Å². The van der Waals surface area contributed by atoms with Crippen molar-refractivity contribution in [2.24, 2.45) is 11.8 Å². The van der Waals surface area contributed by atoms with Crippen molar-refractivity contribution < 1.29 is 41.9 Å². The number of amides is 1. The van der Waals surface area contributed by atoms with Crippen molar-refractivity contribution in [2.75, 3.05) is 18.6 Å². The van der Waals surface area contributed by atoms with E-state index in [1.807, 2.05) is 13.8 Å². The Morgan fingerprint density at radius 1 is 1.11 bits per heavy atom. The van der Waals surface area contributed by atoms with Crippen LogP contribution in [0.1, 0.15) is 92.5 Å². The van der Waals surface area contributed by atoms with Crippen LogP contribution in [0.5, 0.6) is 11.6 Å². The van der Waals surface area contributed by atoms with E-state index < -0.39 is 29.6 Å². The molecule has 1 N–H and O–H groups in total. The van der Waals surface area contributed by atoms with E-state index in [-0.39, 0.29) is 59.8 Å². The summed E-state index contributed by atoms with van der Waals surface area (Å²) < 4.78 is 58.3. The summed E-state index contributed by atoms with van der Waals surface area (Å²) in [5.74, 6) is -1.37. The average Bonchev–Trinajstić information content (AvgIpc) is 3.47. The number of benzene rings is 1. The standard InChI is InChI=1S/C32H39F3N4O6/c1-18(2)28-37-27(45-38-28)13-8-21-14-25(32(33,34)35)29(36-16-21)44-23-11-12-26(24(15-23)31(41)42)39(20(4)17-43-5)30(40)22-9-6-19(3)7-10-22/h11-12,14-16,18-20,22H,6-10,13,17H2,1-5H3,(H,41,42)/t19-,20-,22-/m0/s1. The minimum Gasteiger partial charge on any atom is -0.478 e.